The molecule has 1 amide bonds. The zero-order chi connectivity index (χ0) is 62.6. The third-order valence-electron chi connectivity index (χ3n) is 15.3. The molecule has 0 aromatic heterocycles. The van der Waals surface area contributed by atoms with Crippen molar-refractivity contribution >= 4 is 5.91 Å². The standard InChI is InChI=1S/C67H111NO18/c1-3-5-7-9-11-13-15-17-19-21-23-24-25-26-27-29-31-33-35-37-39-41-43-45-55(73)68-50(51(72)44-42-40-38-36-34-32-30-28-22-20-18-16-14-12-10-8-6-4-2)49-81-65-61(79)58(76)63(53(47-70)83-65)86-67-62(80)59(77)64(54(48-71)84-67)85-66-60(78)57(75)56(74)52(46-69)82-66/h5,7,11,13,17,19,22-24,26-28,31,33-34,36,42,44,50-54,56-67,69-72,74-80H,3-4,6,8-10,12,14-16,18,20-21,25,29-30,32,35,37-41,43,45-49H2,1-2H3,(H,68,73)/b7-5-,13-11-,19-17-,24-23-,27-26-,28-22+,33-31-,36-34+,44-42+. The molecule has 0 aromatic carbocycles. The highest BCUT2D eigenvalue weighted by atomic mass is 16.8. The van der Waals surface area contributed by atoms with Crippen molar-refractivity contribution in [2.75, 3.05) is 26.4 Å². The second kappa shape index (κ2) is 48.3. The van der Waals surface area contributed by atoms with E-state index in [0.29, 0.717) is 12.8 Å². The van der Waals surface area contributed by atoms with Gasteiger partial charge < -0.3 is 89.9 Å². The summed E-state index contributed by atoms with van der Waals surface area (Å²) < 4.78 is 34.2. The molecule has 17 atom stereocenters. The zero-order valence-corrected chi connectivity index (χ0v) is 51.5. The number of allylic oxidation sites excluding steroid dienone is 17. The number of unbranched alkanes of at least 4 members (excludes halogenated alkanes) is 14. The predicted octanol–water partition coefficient (Wildman–Crippen LogP) is 7.10. The Labute approximate surface area is 513 Å². The molecule has 0 spiro atoms. The number of aliphatic hydroxyl groups excluding tert-OH is 11. The van der Waals surface area contributed by atoms with E-state index in [1.807, 2.05) is 6.08 Å². The van der Waals surface area contributed by atoms with Gasteiger partial charge in [0.1, 0.15) is 73.2 Å². The van der Waals surface area contributed by atoms with Gasteiger partial charge in [0.25, 0.3) is 0 Å². The molecular weight excluding hydrogens is 1110 g/mol. The number of nitrogens with one attached hydrogen (secondary N) is 1. The van der Waals surface area contributed by atoms with Crippen LogP contribution in [0.2, 0.25) is 0 Å². The van der Waals surface area contributed by atoms with Gasteiger partial charge in [0.15, 0.2) is 18.9 Å². The first-order valence-electron chi connectivity index (χ1n) is 32.1. The fraction of sp³-hybridized carbons (Fsp3) is 0.716. The largest absolute Gasteiger partial charge is 0.394 e. The van der Waals surface area contributed by atoms with Crippen LogP contribution in [0.1, 0.15) is 174 Å². The molecule has 3 aliphatic heterocycles. The number of carbonyl (C=O) groups excluding carboxylic acids is 1. The van der Waals surface area contributed by atoms with Crippen LogP contribution in [0, 0.1) is 0 Å². The molecule has 19 nitrogen and oxygen atoms in total. The highest BCUT2D eigenvalue weighted by molar-refractivity contribution is 5.76. The quantitative estimate of drug-likeness (QED) is 0.0214. The monoisotopic (exact) mass is 1220 g/mol. The lowest BCUT2D eigenvalue weighted by molar-refractivity contribution is -0.379. The molecule has 3 rings (SSSR count). The van der Waals surface area contributed by atoms with Gasteiger partial charge in [0.2, 0.25) is 5.91 Å². The van der Waals surface area contributed by atoms with Crippen molar-refractivity contribution in [3.05, 3.63) is 109 Å². The number of rotatable bonds is 46. The van der Waals surface area contributed by atoms with E-state index < -0.39 is 131 Å². The van der Waals surface area contributed by atoms with Crippen LogP contribution >= 0.6 is 0 Å². The van der Waals surface area contributed by atoms with Crippen LogP contribution in [-0.2, 0) is 33.2 Å². The molecule has 0 aliphatic carbocycles. The van der Waals surface area contributed by atoms with E-state index in [9.17, 15) is 61.0 Å². The van der Waals surface area contributed by atoms with Crippen LogP contribution in [0.5, 0.6) is 0 Å². The number of amides is 1. The molecule has 0 saturated carbocycles. The van der Waals surface area contributed by atoms with Gasteiger partial charge in [-0.05, 0) is 96.3 Å². The van der Waals surface area contributed by atoms with E-state index in [-0.39, 0.29) is 12.3 Å². The molecule has 3 aliphatic rings. The van der Waals surface area contributed by atoms with Crippen LogP contribution in [0.3, 0.4) is 0 Å². The predicted molar refractivity (Wildman–Crippen MR) is 332 cm³/mol. The van der Waals surface area contributed by atoms with Gasteiger partial charge in [-0.2, -0.15) is 0 Å². The summed E-state index contributed by atoms with van der Waals surface area (Å²) in [4.78, 5) is 13.4. The first kappa shape index (κ1) is 76.7. The van der Waals surface area contributed by atoms with Crippen molar-refractivity contribution in [3.63, 3.8) is 0 Å². The molecule has 492 valence electrons. The topological polar surface area (TPSA) is 307 Å². The maximum absolute atomic E-state index is 13.4. The Hall–Kier alpha value is -3.55. The van der Waals surface area contributed by atoms with Gasteiger partial charge in [0, 0.05) is 6.42 Å². The molecule has 17 unspecified atom stereocenters. The highest BCUT2D eigenvalue weighted by Crippen LogP contribution is 2.33. The maximum atomic E-state index is 13.4. The van der Waals surface area contributed by atoms with Crippen molar-refractivity contribution < 1.29 is 89.4 Å². The molecule has 0 bridgehead atoms. The summed E-state index contributed by atoms with van der Waals surface area (Å²) in [6, 6.07) is -1.02. The van der Waals surface area contributed by atoms with Gasteiger partial charge >= 0.3 is 0 Å². The summed E-state index contributed by atoms with van der Waals surface area (Å²) >= 11 is 0. The van der Waals surface area contributed by atoms with E-state index in [0.717, 1.165) is 89.9 Å². The summed E-state index contributed by atoms with van der Waals surface area (Å²) in [6.45, 7) is 1.54. The molecule has 3 fully saturated rings. The smallest absolute Gasteiger partial charge is 0.220 e. The van der Waals surface area contributed by atoms with Crippen molar-refractivity contribution in [3.8, 4) is 0 Å². The highest BCUT2D eigenvalue weighted by Gasteiger charge is 2.53. The normalized spacial score (nSPS) is 29.5. The fourth-order valence-corrected chi connectivity index (χ4v) is 10.0. The van der Waals surface area contributed by atoms with Crippen molar-refractivity contribution in [1.82, 2.24) is 5.32 Å². The Morgan fingerprint density at radius 3 is 1.30 bits per heavy atom. The van der Waals surface area contributed by atoms with Crippen LogP contribution in [0.25, 0.3) is 0 Å². The summed E-state index contributed by atoms with van der Waals surface area (Å²) in [5.74, 6) is -0.320. The van der Waals surface area contributed by atoms with Crippen molar-refractivity contribution in [2.24, 2.45) is 0 Å². The van der Waals surface area contributed by atoms with Crippen molar-refractivity contribution in [1.29, 1.82) is 0 Å². The average Bonchev–Trinajstić information content (AvgIpc) is 1.83. The Bertz CT molecular complexity index is 1990. The van der Waals surface area contributed by atoms with Gasteiger partial charge in [-0.1, -0.05) is 181 Å². The Kier molecular flexibility index (Phi) is 43.1. The van der Waals surface area contributed by atoms with Gasteiger partial charge in [-0.3, -0.25) is 4.79 Å². The first-order valence-corrected chi connectivity index (χ1v) is 32.1. The Balaban J connectivity index is 1.51. The Morgan fingerprint density at radius 1 is 0.430 bits per heavy atom. The molecule has 0 aromatic rings. The lowest BCUT2D eigenvalue weighted by atomic mass is 9.96. The summed E-state index contributed by atoms with van der Waals surface area (Å²) in [7, 11) is 0. The van der Waals surface area contributed by atoms with Crippen LogP contribution in [0.15, 0.2) is 109 Å². The molecular formula is C67H111NO18. The molecule has 19 heteroatoms. The minimum absolute atomic E-state index is 0.195. The number of hydrogen-bond donors (Lipinski definition) is 12. The molecule has 0 radical (unpaired) electrons. The van der Waals surface area contributed by atoms with Crippen LogP contribution < -0.4 is 5.32 Å². The van der Waals surface area contributed by atoms with E-state index in [1.165, 1.54) is 51.4 Å². The van der Waals surface area contributed by atoms with Gasteiger partial charge in [-0.15, -0.1) is 0 Å². The second-order valence-electron chi connectivity index (χ2n) is 22.5. The maximum Gasteiger partial charge on any atom is 0.220 e. The van der Waals surface area contributed by atoms with E-state index in [2.05, 4.69) is 116 Å². The van der Waals surface area contributed by atoms with E-state index in [4.69, 9.17) is 28.4 Å². The minimum atomic E-state index is -1.99. The van der Waals surface area contributed by atoms with Crippen LogP contribution in [0.4, 0.5) is 0 Å². The summed E-state index contributed by atoms with van der Waals surface area (Å²) in [5.41, 5.74) is 0. The van der Waals surface area contributed by atoms with E-state index >= 15 is 0 Å². The third-order valence-corrected chi connectivity index (χ3v) is 15.3. The Morgan fingerprint density at radius 2 is 0.814 bits per heavy atom. The SMILES string of the molecule is CC/C=C\C/C=C\C/C=C\C/C=C\C/C=C\C/C=C\CCCCCCC(=O)NC(COC1OC(CO)C(OC2OC(CO)C(OC3OC(CO)C(O)C(O)C3O)C(O)C2O)C(O)C1O)C(O)/C=C/CC/C=C/CC/C=C/CCCCCCCCCC. The fourth-order valence-electron chi connectivity index (χ4n) is 10.0. The third kappa shape index (κ3) is 30.8. The molecule has 12 N–H and O–H groups in total. The van der Waals surface area contributed by atoms with E-state index in [1.54, 1.807) is 6.08 Å². The number of ether oxygens (including phenoxy) is 6. The average molecular weight is 1220 g/mol. The van der Waals surface area contributed by atoms with Crippen LogP contribution in [-0.4, -0.2) is 193 Å². The molecule has 3 saturated heterocycles. The lowest BCUT2D eigenvalue weighted by Crippen LogP contribution is -2.66. The minimum Gasteiger partial charge on any atom is -0.394 e. The number of aliphatic hydroxyl groups is 11. The molecule has 3 heterocycles. The van der Waals surface area contributed by atoms with Crippen molar-refractivity contribution in [2.45, 2.75) is 279 Å². The second-order valence-corrected chi connectivity index (χ2v) is 22.5. The summed E-state index contributed by atoms with van der Waals surface area (Å²) in [6.07, 6.45) is 36.3. The number of hydrogen-bond acceptors (Lipinski definition) is 18. The van der Waals surface area contributed by atoms with Gasteiger partial charge in [0.05, 0.1) is 38.6 Å². The first-order chi connectivity index (χ1) is 41.8. The zero-order valence-electron chi connectivity index (χ0n) is 51.5. The lowest BCUT2D eigenvalue weighted by Gasteiger charge is -2.48. The van der Waals surface area contributed by atoms with Gasteiger partial charge in [-0.25, -0.2) is 0 Å². The summed E-state index contributed by atoms with van der Waals surface area (Å²) in [5, 5.41) is 120. The number of carbonyl (C=O) groups is 1. The molecule has 86 heavy (non-hydrogen) atoms.